The Bertz CT molecular complexity index is 1530. The first-order valence-corrected chi connectivity index (χ1v) is 12.9. The summed E-state index contributed by atoms with van der Waals surface area (Å²) in [6.07, 6.45) is 2.17. The van der Waals surface area contributed by atoms with E-state index in [2.05, 4.69) is 27.1 Å². The molecule has 2 aliphatic rings. The molecule has 38 heavy (non-hydrogen) atoms. The van der Waals surface area contributed by atoms with Crippen LogP contribution in [0.25, 0.3) is 16.6 Å². The fourth-order valence-corrected chi connectivity index (χ4v) is 5.52. The second-order valence-electron chi connectivity index (χ2n) is 9.58. The van der Waals surface area contributed by atoms with E-state index in [1.54, 1.807) is 30.3 Å². The Hall–Kier alpha value is -3.79. The number of para-hydroxylation sites is 1. The lowest BCUT2D eigenvalue weighted by Gasteiger charge is -2.40. The molecule has 9 nitrogen and oxygen atoms in total. The molecule has 2 aliphatic heterocycles. The smallest absolute Gasteiger partial charge is 0.357 e. The van der Waals surface area contributed by atoms with E-state index in [0.29, 0.717) is 41.4 Å². The van der Waals surface area contributed by atoms with Gasteiger partial charge in [0.25, 0.3) is 5.91 Å². The molecule has 0 aliphatic carbocycles. The van der Waals surface area contributed by atoms with E-state index < -0.39 is 5.97 Å². The molecule has 0 spiro atoms. The third-order valence-electron chi connectivity index (χ3n) is 7.24. The van der Waals surface area contributed by atoms with E-state index in [9.17, 15) is 14.7 Å². The monoisotopic (exact) mass is 531 g/mol. The van der Waals surface area contributed by atoms with Gasteiger partial charge in [-0.25, -0.2) is 14.5 Å². The number of amides is 1. The van der Waals surface area contributed by atoms with Crippen molar-refractivity contribution in [3.8, 4) is 5.69 Å². The predicted molar refractivity (Wildman–Crippen MR) is 142 cm³/mol. The number of carboxylic acid groups (broad SMARTS) is 1. The number of fused-ring (bicyclic) bond motifs is 2. The summed E-state index contributed by atoms with van der Waals surface area (Å²) in [5.41, 5.74) is 3.31. The van der Waals surface area contributed by atoms with Gasteiger partial charge in [-0.1, -0.05) is 54.1 Å². The van der Waals surface area contributed by atoms with Crippen LogP contribution < -0.4 is 0 Å². The molecule has 0 radical (unpaired) electrons. The van der Waals surface area contributed by atoms with E-state index >= 15 is 0 Å². The number of halogens is 1. The van der Waals surface area contributed by atoms with Crippen molar-refractivity contribution in [2.75, 3.05) is 32.8 Å². The summed E-state index contributed by atoms with van der Waals surface area (Å²) < 4.78 is 6.98. The number of carboxylic acids is 1. The Morgan fingerprint density at radius 3 is 2.55 bits per heavy atom. The highest BCUT2D eigenvalue weighted by Crippen LogP contribution is 2.30. The SMILES string of the molecule is O=C(O)c1nn(-c2cc(Cl)cnc2C(=O)N2Cc3ccccc3C[C@H]2CN2CCOCC2)c2ccccc12. The number of rotatable bonds is 5. The van der Waals surface area contributed by atoms with Crippen molar-refractivity contribution < 1.29 is 19.4 Å². The minimum atomic E-state index is -1.15. The van der Waals surface area contributed by atoms with Gasteiger partial charge in [0.1, 0.15) is 0 Å². The quantitative estimate of drug-likeness (QED) is 0.419. The van der Waals surface area contributed by atoms with Crippen molar-refractivity contribution in [1.82, 2.24) is 24.6 Å². The number of hydrogen-bond donors (Lipinski definition) is 1. The van der Waals surface area contributed by atoms with E-state index in [1.165, 1.54) is 16.4 Å². The number of nitrogens with zero attached hydrogens (tertiary/aromatic N) is 5. The van der Waals surface area contributed by atoms with Crippen molar-refractivity contribution in [2.45, 2.75) is 19.0 Å². The van der Waals surface area contributed by atoms with Gasteiger partial charge in [0.2, 0.25) is 0 Å². The van der Waals surface area contributed by atoms with Crippen LogP contribution in [-0.4, -0.2) is 80.4 Å². The molecule has 2 aromatic heterocycles. The van der Waals surface area contributed by atoms with Crippen molar-refractivity contribution in [3.63, 3.8) is 0 Å². The highest BCUT2D eigenvalue weighted by molar-refractivity contribution is 6.30. The van der Waals surface area contributed by atoms with Crippen molar-refractivity contribution in [2.24, 2.45) is 0 Å². The molecule has 4 heterocycles. The summed E-state index contributed by atoms with van der Waals surface area (Å²) in [6.45, 7) is 4.18. The van der Waals surface area contributed by atoms with Crippen molar-refractivity contribution in [1.29, 1.82) is 0 Å². The fourth-order valence-electron chi connectivity index (χ4n) is 5.37. The summed E-state index contributed by atoms with van der Waals surface area (Å²) >= 11 is 6.34. The number of carbonyl (C=O) groups excluding carboxylic acids is 1. The second kappa shape index (κ2) is 10.2. The van der Waals surface area contributed by atoms with Crippen LogP contribution in [0.1, 0.15) is 32.1 Å². The summed E-state index contributed by atoms with van der Waals surface area (Å²) in [5, 5.41) is 14.9. The molecule has 0 saturated carbocycles. The number of ether oxygens (including phenoxy) is 1. The molecule has 4 aromatic rings. The topological polar surface area (TPSA) is 101 Å². The number of aromatic nitrogens is 3. The largest absolute Gasteiger partial charge is 0.476 e. The van der Waals surface area contributed by atoms with Gasteiger partial charge in [0.05, 0.1) is 29.4 Å². The molecule has 1 N–H and O–H groups in total. The molecule has 1 fully saturated rings. The maximum absolute atomic E-state index is 14.3. The number of morpholine rings is 1. The highest BCUT2D eigenvalue weighted by atomic mass is 35.5. The molecule has 194 valence electrons. The summed E-state index contributed by atoms with van der Waals surface area (Å²) in [7, 11) is 0. The van der Waals surface area contributed by atoms with Gasteiger partial charge in [0, 0.05) is 43.8 Å². The normalized spacial score (nSPS) is 17.9. The lowest BCUT2D eigenvalue weighted by Crippen LogP contribution is -2.52. The predicted octanol–water partition coefficient (Wildman–Crippen LogP) is 3.67. The Morgan fingerprint density at radius 1 is 1.03 bits per heavy atom. The van der Waals surface area contributed by atoms with Gasteiger partial charge in [-0.05, 0) is 29.7 Å². The van der Waals surface area contributed by atoms with Gasteiger partial charge in [-0.15, -0.1) is 0 Å². The van der Waals surface area contributed by atoms with Crippen LogP contribution in [0.3, 0.4) is 0 Å². The standard InChI is InChI=1S/C28H26ClN5O4/c29-20-14-24(34-23-8-4-3-7-22(23)25(31-34)28(36)37)26(30-15-20)27(35)33-16-19-6-2-1-5-18(19)13-21(33)17-32-9-11-38-12-10-32/h1-8,14-15,21H,9-13,16-17H2,(H,36,37)/t21-/m0/s1. The van der Waals surface area contributed by atoms with Gasteiger partial charge in [-0.2, -0.15) is 5.10 Å². The van der Waals surface area contributed by atoms with Gasteiger partial charge in [0.15, 0.2) is 11.4 Å². The molecule has 1 amide bonds. The lowest BCUT2D eigenvalue weighted by atomic mass is 9.93. The zero-order valence-electron chi connectivity index (χ0n) is 20.6. The highest BCUT2D eigenvalue weighted by Gasteiger charge is 2.34. The Kier molecular flexibility index (Phi) is 6.57. The van der Waals surface area contributed by atoms with E-state index in [4.69, 9.17) is 16.3 Å². The first-order valence-electron chi connectivity index (χ1n) is 12.5. The second-order valence-corrected chi connectivity index (χ2v) is 10.0. The van der Waals surface area contributed by atoms with Gasteiger partial charge in [-0.3, -0.25) is 9.69 Å². The summed E-state index contributed by atoms with van der Waals surface area (Å²) in [6, 6.07) is 16.8. The average Bonchev–Trinajstić information content (AvgIpc) is 3.33. The van der Waals surface area contributed by atoms with Crippen molar-refractivity contribution in [3.05, 3.63) is 88.3 Å². The van der Waals surface area contributed by atoms with E-state index in [0.717, 1.165) is 31.6 Å². The maximum Gasteiger partial charge on any atom is 0.357 e. The first-order chi connectivity index (χ1) is 18.5. The van der Waals surface area contributed by atoms with Crippen LogP contribution in [0.4, 0.5) is 0 Å². The van der Waals surface area contributed by atoms with Crippen LogP contribution >= 0.6 is 11.6 Å². The minimum absolute atomic E-state index is 0.0650. The molecule has 0 unspecified atom stereocenters. The van der Waals surface area contributed by atoms with Crippen LogP contribution in [-0.2, 0) is 17.7 Å². The number of hydrogen-bond acceptors (Lipinski definition) is 6. The zero-order chi connectivity index (χ0) is 26.2. The van der Waals surface area contributed by atoms with Crippen molar-refractivity contribution >= 4 is 34.4 Å². The Balaban J connectivity index is 1.43. The maximum atomic E-state index is 14.3. The van der Waals surface area contributed by atoms with Crippen LogP contribution in [0.15, 0.2) is 60.8 Å². The molecular weight excluding hydrogens is 506 g/mol. The summed E-state index contributed by atoms with van der Waals surface area (Å²) in [4.78, 5) is 34.9. The molecular formula is C28H26ClN5O4. The van der Waals surface area contributed by atoms with Crippen LogP contribution in [0.5, 0.6) is 0 Å². The molecule has 0 bridgehead atoms. The Morgan fingerprint density at radius 2 is 1.76 bits per heavy atom. The number of pyridine rings is 1. The zero-order valence-corrected chi connectivity index (χ0v) is 21.3. The summed E-state index contributed by atoms with van der Waals surface area (Å²) in [5.74, 6) is -1.40. The first kappa shape index (κ1) is 24.5. The molecule has 1 saturated heterocycles. The number of carbonyl (C=O) groups is 2. The van der Waals surface area contributed by atoms with Gasteiger partial charge < -0.3 is 14.7 Å². The Labute approximate surface area is 224 Å². The van der Waals surface area contributed by atoms with E-state index in [1.807, 2.05) is 17.0 Å². The fraction of sp³-hybridized carbons (Fsp3) is 0.286. The average molecular weight is 532 g/mol. The number of aromatic carboxylic acids is 1. The van der Waals surface area contributed by atoms with E-state index in [-0.39, 0.29) is 23.3 Å². The third-order valence-corrected chi connectivity index (χ3v) is 7.45. The number of benzene rings is 2. The lowest BCUT2D eigenvalue weighted by molar-refractivity contribution is 0.0191. The molecule has 6 rings (SSSR count). The molecule has 1 atom stereocenters. The minimum Gasteiger partial charge on any atom is -0.476 e. The van der Waals surface area contributed by atoms with Crippen LogP contribution in [0.2, 0.25) is 5.02 Å². The van der Waals surface area contributed by atoms with Crippen LogP contribution in [0, 0.1) is 0 Å². The molecule has 2 aromatic carbocycles. The molecule has 10 heteroatoms. The third kappa shape index (κ3) is 4.53. The van der Waals surface area contributed by atoms with Gasteiger partial charge >= 0.3 is 5.97 Å².